The second-order valence-corrected chi connectivity index (χ2v) is 3.75. The van der Waals surface area contributed by atoms with Crippen LogP contribution in [-0.2, 0) is 4.79 Å². The Balaban J connectivity index is 2.22. The fourth-order valence-corrected chi connectivity index (χ4v) is 1.94. The summed E-state index contributed by atoms with van der Waals surface area (Å²) in [5.74, 6) is -0.856. The number of carbonyl (C=O) groups excluding carboxylic acids is 1. The second kappa shape index (κ2) is 3.96. The van der Waals surface area contributed by atoms with Gasteiger partial charge in [0, 0.05) is 13.5 Å². The summed E-state index contributed by atoms with van der Waals surface area (Å²) in [6, 6.07) is -0.217. The third-order valence-electron chi connectivity index (χ3n) is 2.68. The van der Waals surface area contributed by atoms with Gasteiger partial charge in [-0.15, -0.1) is 0 Å². The van der Waals surface area contributed by atoms with Crippen LogP contribution in [0.4, 0.5) is 0 Å². The van der Waals surface area contributed by atoms with Crippen molar-refractivity contribution in [3.05, 3.63) is 17.8 Å². The van der Waals surface area contributed by atoms with Crippen LogP contribution in [0.15, 0.2) is 10.7 Å². The fourth-order valence-electron chi connectivity index (χ4n) is 1.94. The van der Waals surface area contributed by atoms with Gasteiger partial charge in [0.15, 0.2) is 5.69 Å². The number of hydrogen-bond acceptors (Lipinski definition) is 4. The van der Waals surface area contributed by atoms with E-state index in [9.17, 15) is 9.59 Å². The number of carboxylic acids is 1. The Morgan fingerprint density at radius 1 is 1.62 bits per heavy atom. The predicted octanol–water partition coefficient (Wildman–Crippen LogP) is 1.06. The van der Waals surface area contributed by atoms with Crippen LogP contribution in [0.1, 0.15) is 42.2 Å². The first-order valence-corrected chi connectivity index (χ1v) is 5.05. The SMILES string of the molecule is CC(=O)N1CCC[C@H]1c1nc(C(=O)O)co1. The zero-order valence-corrected chi connectivity index (χ0v) is 8.84. The van der Waals surface area contributed by atoms with E-state index in [1.165, 1.54) is 6.92 Å². The minimum Gasteiger partial charge on any atom is -0.476 e. The molecule has 0 radical (unpaired) electrons. The van der Waals surface area contributed by atoms with Crippen molar-refractivity contribution >= 4 is 11.9 Å². The van der Waals surface area contributed by atoms with Crippen LogP contribution in [0, 0.1) is 0 Å². The van der Waals surface area contributed by atoms with Crippen molar-refractivity contribution < 1.29 is 19.1 Å². The number of carboxylic acid groups (broad SMARTS) is 1. The van der Waals surface area contributed by atoms with Crippen LogP contribution >= 0.6 is 0 Å². The number of rotatable bonds is 2. The number of aromatic carboxylic acids is 1. The number of nitrogens with zero attached hydrogens (tertiary/aromatic N) is 2. The molecular formula is C10H12N2O4. The molecule has 1 N–H and O–H groups in total. The molecule has 0 aromatic carbocycles. The molecule has 6 heteroatoms. The van der Waals surface area contributed by atoms with Crippen LogP contribution in [0.25, 0.3) is 0 Å². The molecule has 1 fully saturated rings. The van der Waals surface area contributed by atoms with Crippen LogP contribution < -0.4 is 0 Å². The first kappa shape index (κ1) is 10.7. The molecule has 0 bridgehead atoms. The summed E-state index contributed by atoms with van der Waals surface area (Å²) in [4.78, 5) is 27.5. The molecule has 0 spiro atoms. The second-order valence-electron chi connectivity index (χ2n) is 3.75. The molecule has 16 heavy (non-hydrogen) atoms. The number of aromatic nitrogens is 1. The number of oxazole rings is 1. The summed E-state index contributed by atoms with van der Waals surface area (Å²) < 4.78 is 5.10. The first-order chi connectivity index (χ1) is 7.59. The molecule has 0 aliphatic carbocycles. The molecule has 1 aliphatic heterocycles. The Bertz CT molecular complexity index is 426. The maximum absolute atomic E-state index is 11.3. The summed E-state index contributed by atoms with van der Waals surface area (Å²) in [7, 11) is 0. The van der Waals surface area contributed by atoms with Gasteiger partial charge in [0.1, 0.15) is 12.3 Å². The van der Waals surface area contributed by atoms with Gasteiger partial charge in [0.05, 0.1) is 0 Å². The van der Waals surface area contributed by atoms with Gasteiger partial charge in [0.25, 0.3) is 0 Å². The lowest BCUT2D eigenvalue weighted by Crippen LogP contribution is -2.28. The van der Waals surface area contributed by atoms with Gasteiger partial charge in [-0.1, -0.05) is 0 Å². The summed E-state index contributed by atoms with van der Waals surface area (Å²) in [6.45, 7) is 2.16. The molecule has 0 saturated carbocycles. The van der Waals surface area contributed by atoms with Crippen LogP contribution in [0.3, 0.4) is 0 Å². The smallest absolute Gasteiger partial charge is 0.357 e. The molecule has 2 heterocycles. The molecule has 0 unspecified atom stereocenters. The lowest BCUT2D eigenvalue weighted by Gasteiger charge is -2.19. The summed E-state index contributed by atoms with van der Waals surface area (Å²) >= 11 is 0. The number of carbonyl (C=O) groups is 2. The van der Waals surface area contributed by atoms with Crippen LogP contribution in [0.5, 0.6) is 0 Å². The third kappa shape index (κ3) is 1.78. The van der Waals surface area contributed by atoms with Crippen molar-refractivity contribution in [2.75, 3.05) is 6.54 Å². The van der Waals surface area contributed by atoms with Crippen LogP contribution in [-0.4, -0.2) is 33.4 Å². The van der Waals surface area contributed by atoms with Crippen molar-refractivity contribution in [2.24, 2.45) is 0 Å². The lowest BCUT2D eigenvalue weighted by atomic mass is 10.2. The fraction of sp³-hybridized carbons (Fsp3) is 0.500. The molecule has 1 amide bonds. The highest BCUT2D eigenvalue weighted by atomic mass is 16.4. The van der Waals surface area contributed by atoms with E-state index in [2.05, 4.69) is 4.98 Å². The Morgan fingerprint density at radius 3 is 2.94 bits per heavy atom. The van der Waals surface area contributed by atoms with Gasteiger partial charge in [-0.05, 0) is 12.8 Å². The van der Waals surface area contributed by atoms with Gasteiger partial charge < -0.3 is 14.4 Å². The minimum atomic E-state index is -1.12. The third-order valence-corrected chi connectivity index (χ3v) is 2.68. The standard InChI is InChI=1S/C10H12N2O4/c1-6(13)12-4-2-3-8(12)9-11-7(5-16-9)10(14)15/h5,8H,2-4H2,1H3,(H,14,15)/t8-/m0/s1. The van der Waals surface area contributed by atoms with Crippen molar-refractivity contribution in [3.8, 4) is 0 Å². The molecule has 1 aromatic rings. The van der Waals surface area contributed by atoms with Crippen molar-refractivity contribution in [3.63, 3.8) is 0 Å². The Labute approximate surface area is 91.9 Å². The topological polar surface area (TPSA) is 83.6 Å². The molecule has 1 saturated heterocycles. The summed E-state index contributed by atoms with van der Waals surface area (Å²) in [6.07, 6.45) is 2.75. The summed E-state index contributed by atoms with van der Waals surface area (Å²) in [5.41, 5.74) is -0.120. The normalized spacial score (nSPS) is 20.1. The highest BCUT2D eigenvalue weighted by molar-refractivity contribution is 5.84. The highest BCUT2D eigenvalue weighted by Crippen LogP contribution is 2.31. The Hall–Kier alpha value is -1.85. The molecule has 1 atom stereocenters. The Kier molecular flexibility index (Phi) is 2.64. The number of amides is 1. The average Bonchev–Trinajstić information content (AvgIpc) is 2.86. The van der Waals surface area contributed by atoms with Crippen LogP contribution in [0.2, 0.25) is 0 Å². The highest BCUT2D eigenvalue weighted by Gasteiger charge is 2.31. The quantitative estimate of drug-likeness (QED) is 0.811. The van der Waals surface area contributed by atoms with Gasteiger partial charge in [0.2, 0.25) is 11.8 Å². The zero-order chi connectivity index (χ0) is 11.7. The van der Waals surface area contributed by atoms with Gasteiger partial charge >= 0.3 is 5.97 Å². The maximum atomic E-state index is 11.3. The van der Waals surface area contributed by atoms with Crippen molar-refractivity contribution in [2.45, 2.75) is 25.8 Å². The maximum Gasteiger partial charge on any atom is 0.357 e. The predicted molar refractivity (Wildman–Crippen MR) is 52.8 cm³/mol. The number of likely N-dealkylation sites (tertiary alicyclic amines) is 1. The van der Waals surface area contributed by atoms with E-state index < -0.39 is 5.97 Å². The Morgan fingerprint density at radius 2 is 2.38 bits per heavy atom. The molecule has 6 nitrogen and oxygen atoms in total. The first-order valence-electron chi connectivity index (χ1n) is 5.05. The monoisotopic (exact) mass is 224 g/mol. The minimum absolute atomic E-state index is 0.0439. The lowest BCUT2D eigenvalue weighted by molar-refractivity contribution is -0.130. The largest absolute Gasteiger partial charge is 0.476 e. The van der Waals surface area contributed by atoms with E-state index in [4.69, 9.17) is 9.52 Å². The zero-order valence-electron chi connectivity index (χ0n) is 8.84. The van der Waals surface area contributed by atoms with E-state index in [-0.39, 0.29) is 17.6 Å². The van der Waals surface area contributed by atoms with E-state index in [0.717, 1.165) is 19.1 Å². The van der Waals surface area contributed by atoms with Gasteiger partial charge in [-0.3, -0.25) is 4.79 Å². The van der Waals surface area contributed by atoms with Crippen molar-refractivity contribution in [1.29, 1.82) is 0 Å². The van der Waals surface area contributed by atoms with Crippen molar-refractivity contribution in [1.82, 2.24) is 9.88 Å². The van der Waals surface area contributed by atoms with E-state index in [1.807, 2.05) is 0 Å². The molecule has 1 aromatic heterocycles. The summed E-state index contributed by atoms with van der Waals surface area (Å²) in [5, 5.41) is 8.71. The average molecular weight is 224 g/mol. The van der Waals surface area contributed by atoms with E-state index in [0.29, 0.717) is 12.4 Å². The molecular weight excluding hydrogens is 212 g/mol. The molecule has 2 rings (SSSR count). The molecule has 86 valence electrons. The van der Waals surface area contributed by atoms with E-state index in [1.54, 1.807) is 4.90 Å². The van der Waals surface area contributed by atoms with Gasteiger partial charge in [-0.25, -0.2) is 9.78 Å². The molecule has 1 aliphatic rings. The number of hydrogen-bond donors (Lipinski definition) is 1. The van der Waals surface area contributed by atoms with E-state index >= 15 is 0 Å². The van der Waals surface area contributed by atoms with Gasteiger partial charge in [-0.2, -0.15) is 0 Å².